The molecule has 1 atom stereocenters. The van der Waals surface area contributed by atoms with Crippen LogP contribution in [0, 0.1) is 5.92 Å². The summed E-state index contributed by atoms with van der Waals surface area (Å²) < 4.78 is 0. The molecule has 3 rings (SSSR count). The molecule has 2 amide bonds. The Balaban J connectivity index is 1.36. The third-order valence-corrected chi connectivity index (χ3v) is 4.88. The van der Waals surface area contributed by atoms with E-state index < -0.39 is 0 Å². The zero-order valence-electron chi connectivity index (χ0n) is 15.1. The first-order valence-electron chi connectivity index (χ1n) is 9.33. The van der Waals surface area contributed by atoms with Gasteiger partial charge in [0.2, 0.25) is 11.8 Å². The minimum Gasteiger partial charge on any atom is -0.356 e. The highest BCUT2D eigenvalue weighted by atomic mass is 16.2. The largest absolute Gasteiger partial charge is 0.356 e. The Labute approximate surface area is 155 Å². The number of carbonyl (C=O) groups is 2. The van der Waals surface area contributed by atoms with Gasteiger partial charge in [-0.05, 0) is 24.0 Å². The van der Waals surface area contributed by atoms with Crippen molar-refractivity contribution in [2.45, 2.75) is 25.7 Å². The van der Waals surface area contributed by atoms with Crippen LogP contribution in [-0.4, -0.2) is 36.3 Å². The first-order chi connectivity index (χ1) is 12.7. The highest BCUT2D eigenvalue weighted by Crippen LogP contribution is 2.17. The second kappa shape index (κ2) is 9.18. The predicted octanol–water partition coefficient (Wildman–Crippen LogP) is 2.83. The van der Waals surface area contributed by atoms with Gasteiger partial charge in [0.1, 0.15) is 0 Å². The smallest absolute Gasteiger partial charge is 0.223 e. The van der Waals surface area contributed by atoms with E-state index in [9.17, 15) is 9.59 Å². The number of hydrogen-bond acceptors (Lipinski definition) is 2. The number of hydrogen-bond donors (Lipinski definition) is 1. The molecule has 0 saturated carbocycles. The molecule has 2 aromatic rings. The van der Waals surface area contributed by atoms with E-state index in [-0.39, 0.29) is 17.7 Å². The molecule has 2 aromatic carbocycles. The molecule has 0 radical (unpaired) electrons. The van der Waals surface area contributed by atoms with Gasteiger partial charge < -0.3 is 10.2 Å². The van der Waals surface area contributed by atoms with Gasteiger partial charge >= 0.3 is 0 Å². The molecule has 1 saturated heterocycles. The molecule has 1 aliphatic heterocycles. The fourth-order valence-corrected chi connectivity index (χ4v) is 3.36. The SMILES string of the molecule is O=C(CCc1ccccc1)NCC1CC(=O)N(CCc2ccccc2)C1. The summed E-state index contributed by atoms with van der Waals surface area (Å²) >= 11 is 0. The van der Waals surface area contributed by atoms with Crippen molar-refractivity contribution in [3.05, 3.63) is 71.8 Å². The fraction of sp³-hybridized carbons (Fsp3) is 0.364. The van der Waals surface area contributed by atoms with Crippen LogP contribution in [0.3, 0.4) is 0 Å². The fourth-order valence-electron chi connectivity index (χ4n) is 3.36. The molecule has 0 spiro atoms. The summed E-state index contributed by atoms with van der Waals surface area (Å²) in [5, 5.41) is 2.99. The lowest BCUT2D eigenvalue weighted by molar-refractivity contribution is -0.127. The maximum atomic E-state index is 12.2. The van der Waals surface area contributed by atoms with Crippen molar-refractivity contribution in [3.63, 3.8) is 0 Å². The molecule has 0 aromatic heterocycles. The third kappa shape index (κ3) is 5.45. The number of aryl methyl sites for hydroxylation is 1. The van der Waals surface area contributed by atoms with Gasteiger partial charge in [0, 0.05) is 38.4 Å². The Morgan fingerprint density at radius 1 is 0.962 bits per heavy atom. The Morgan fingerprint density at radius 3 is 2.23 bits per heavy atom. The van der Waals surface area contributed by atoms with Gasteiger partial charge in [-0.2, -0.15) is 0 Å². The lowest BCUT2D eigenvalue weighted by Crippen LogP contribution is -2.32. The molecule has 0 aliphatic carbocycles. The lowest BCUT2D eigenvalue weighted by Gasteiger charge is -2.17. The number of nitrogens with one attached hydrogen (secondary N) is 1. The lowest BCUT2D eigenvalue weighted by atomic mass is 10.1. The third-order valence-electron chi connectivity index (χ3n) is 4.88. The van der Waals surface area contributed by atoms with Crippen molar-refractivity contribution < 1.29 is 9.59 Å². The van der Waals surface area contributed by atoms with Crippen LogP contribution in [0.4, 0.5) is 0 Å². The van der Waals surface area contributed by atoms with E-state index in [2.05, 4.69) is 17.4 Å². The summed E-state index contributed by atoms with van der Waals surface area (Å²) in [4.78, 5) is 26.1. The zero-order valence-corrected chi connectivity index (χ0v) is 15.1. The summed E-state index contributed by atoms with van der Waals surface area (Å²) in [7, 11) is 0. The van der Waals surface area contributed by atoms with E-state index in [1.165, 1.54) is 11.1 Å². The van der Waals surface area contributed by atoms with E-state index in [4.69, 9.17) is 0 Å². The molecular weight excluding hydrogens is 324 g/mol. The quantitative estimate of drug-likeness (QED) is 0.796. The van der Waals surface area contributed by atoms with Gasteiger partial charge in [0.15, 0.2) is 0 Å². The number of carbonyl (C=O) groups excluding carboxylic acids is 2. The van der Waals surface area contributed by atoms with Gasteiger partial charge in [0.05, 0.1) is 0 Å². The van der Waals surface area contributed by atoms with Gasteiger partial charge in [-0.15, -0.1) is 0 Å². The maximum Gasteiger partial charge on any atom is 0.223 e. The molecule has 1 heterocycles. The Kier molecular flexibility index (Phi) is 6.42. The number of rotatable bonds is 8. The summed E-state index contributed by atoms with van der Waals surface area (Å²) in [6.45, 7) is 2.08. The van der Waals surface area contributed by atoms with E-state index in [0.717, 1.165) is 25.9 Å². The Bertz CT molecular complexity index is 715. The summed E-state index contributed by atoms with van der Waals surface area (Å²) in [5.41, 5.74) is 2.42. The van der Waals surface area contributed by atoms with Gasteiger partial charge in [-0.1, -0.05) is 60.7 Å². The van der Waals surface area contributed by atoms with Crippen LogP contribution >= 0.6 is 0 Å². The van der Waals surface area contributed by atoms with Gasteiger partial charge in [-0.3, -0.25) is 9.59 Å². The monoisotopic (exact) mass is 350 g/mol. The predicted molar refractivity (Wildman–Crippen MR) is 103 cm³/mol. The molecule has 1 aliphatic rings. The minimum absolute atomic E-state index is 0.0593. The molecule has 4 nitrogen and oxygen atoms in total. The second-order valence-corrected chi connectivity index (χ2v) is 6.94. The van der Waals surface area contributed by atoms with Gasteiger partial charge in [0.25, 0.3) is 0 Å². The normalized spacial score (nSPS) is 16.7. The van der Waals surface area contributed by atoms with E-state index in [0.29, 0.717) is 19.4 Å². The second-order valence-electron chi connectivity index (χ2n) is 6.94. The number of benzene rings is 2. The van der Waals surface area contributed by atoms with Crippen molar-refractivity contribution in [3.8, 4) is 0 Å². The molecule has 0 bridgehead atoms. The average Bonchev–Trinajstić information content (AvgIpc) is 3.04. The standard InChI is InChI=1S/C22H26N2O2/c25-21(12-11-18-7-3-1-4-8-18)23-16-20-15-22(26)24(17-20)14-13-19-9-5-2-6-10-19/h1-10,20H,11-17H2,(H,23,25). The summed E-state index contributed by atoms with van der Waals surface area (Å²) in [6, 6.07) is 20.2. The zero-order chi connectivity index (χ0) is 18.2. The van der Waals surface area contributed by atoms with Crippen LogP contribution in [0.2, 0.25) is 0 Å². The van der Waals surface area contributed by atoms with Crippen molar-refractivity contribution in [2.24, 2.45) is 5.92 Å². The van der Waals surface area contributed by atoms with Crippen LogP contribution in [0.5, 0.6) is 0 Å². The number of amides is 2. The molecule has 1 N–H and O–H groups in total. The van der Waals surface area contributed by atoms with Crippen molar-refractivity contribution in [2.75, 3.05) is 19.6 Å². The first kappa shape index (κ1) is 18.2. The van der Waals surface area contributed by atoms with Crippen molar-refractivity contribution in [1.29, 1.82) is 0 Å². The van der Waals surface area contributed by atoms with Crippen molar-refractivity contribution >= 4 is 11.8 Å². The van der Waals surface area contributed by atoms with E-state index >= 15 is 0 Å². The summed E-state index contributed by atoms with van der Waals surface area (Å²) in [6.07, 6.45) is 2.65. The minimum atomic E-state index is 0.0593. The Hall–Kier alpha value is -2.62. The molecule has 1 unspecified atom stereocenters. The molecule has 4 heteroatoms. The first-order valence-corrected chi connectivity index (χ1v) is 9.33. The van der Waals surface area contributed by atoms with Crippen LogP contribution in [-0.2, 0) is 22.4 Å². The Morgan fingerprint density at radius 2 is 1.58 bits per heavy atom. The molecular formula is C22H26N2O2. The average molecular weight is 350 g/mol. The van der Waals surface area contributed by atoms with E-state index in [1.807, 2.05) is 53.4 Å². The highest BCUT2D eigenvalue weighted by molar-refractivity contribution is 5.79. The van der Waals surface area contributed by atoms with Crippen LogP contribution < -0.4 is 5.32 Å². The highest BCUT2D eigenvalue weighted by Gasteiger charge is 2.29. The van der Waals surface area contributed by atoms with Crippen LogP contribution in [0.15, 0.2) is 60.7 Å². The molecule has 26 heavy (non-hydrogen) atoms. The van der Waals surface area contributed by atoms with E-state index in [1.54, 1.807) is 0 Å². The van der Waals surface area contributed by atoms with Gasteiger partial charge in [-0.25, -0.2) is 0 Å². The van der Waals surface area contributed by atoms with Crippen LogP contribution in [0.25, 0.3) is 0 Å². The number of nitrogens with zero attached hydrogens (tertiary/aromatic N) is 1. The molecule has 1 fully saturated rings. The van der Waals surface area contributed by atoms with Crippen LogP contribution in [0.1, 0.15) is 24.0 Å². The summed E-state index contributed by atoms with van der Waals surface area (Å²) in [5.74, 6) is 0.479. The number of likely N-dealkylation sites (tertiary alicyclic amines) is 1. The molecule has 136 valence electrons. The van der Waals surface area contributed by atoms with Crippen molar-refractivity contribution in [1.82, 2.24) is 10.2 Å². The maximum absolute atomic E-state index is 12.2. The topological polar surface area (TPSA) is 49.4 Å².